The molecule has 3 N–H and O–H groups in total. The summed E-state index contributed by atoms with van der Waals surface area (Å²) in [5.74, 6) is -1.78. The number of aromatic hydroxyl groups is 1. The zero-order valence-electron chi connectivity index (χ0n) is 22.1. The van der Waals surface area contributed by atoms with Crippen molar-refractivity contribution in [1.29, 1.82) is 0 Å². The molecular formula is C30H30N4O6. The van der Waals surface area contributed by atoms with Crippen molar-refractivity contribution in [2.24, 2.45) is 18.7 Å². The van der Waals surface area contributed by atoms with Crippen molar-refractivity contribution < 1.29 is 14.3 Å². The molecule has 3 aromatic heterocycles. The van der Waals surface area contributed by atoms with Crippen molar-refractivity contribution in [1.82, 2.24) is 14.0 Å². The molecule has 1 amide bonds. The molecule has 1 saturated heterocycles. The van der Waals surface area contributed by atoms with E-state index in [4.69, 9.17) is 10.2 Å². The second-order valence-electron chi connectivity index (χ2n) is 10.9. The molecule has 5 heterocycles. The number of likely N-dealkylation sites (tertiary alicyclic amines) is 1. The summed E-state index contributed by atoms with van der Waals surface area (Å²) in [5, 5.41) is 11.6. The molecule has 0 saturated carbocycles. The number of amides is 1. The van der Waals surface area contributed by atoms with Crippen LogP contribution in [0.3, 0.4) is 0 Å². The summed E-state index contributed by atoms with van der Waals surface area (Å²) in [4.78, 5) is 53.0. The van der Waals surface area contributed by atoms with Crippen LogP contribution in [-0.4, -0.2) is 38.1 Å². The van der Waals surface area contributed by atoms with E-state index < -0.39 is 23.0 Å². The van der Waals surface area contributed by atoms with Crippen LogP contribution >= 0.6 is 0 Å². The second-order valence-corrected chi connectivity index (χ2v) is 10.9. The van der Waals surface area contributed by atoms with Gasteiger partial charge in [-0.1, -0.05) is 24.3 Å². The summed E-state index contributed by atoms with van der Waals surface area (Å²) in [6, 6.07) is 15.6. The van der Waals surface area contributed by atoms with Crippen LogP contribution in [0.25, 0.3) is 10.9 Å². The highest BCUT2D eigenvalue weighted by Crippen LogP contribution is 2.36. The minimum absolute atomic E-state index is 0.00940. The number of nitrogens with zero attached hydrogens (tertiary/aromatic N) is 3. The lowest BCUT2D eigenvalue weighted by Gasteiger charge is -2.42. The number of primary amides is 1. The van der Waals surface area contributed by atoms with Crippen molar-refractivity contribution in [2.75, 3.05) is 13.1 Å². The van der Waals surface area contributed by atoms with Gasteiger partial charge in [0.25, 0.3) is 11.1 Å². The molecule has 4 aromatic rings. The van der Waals surface area contributed by atoms with Crippen LogP contribution in [0.2, 0.25) is 0 Å². The highest BCUT2D eigenvalue weighted by molar-refractivity contribution is 5.80. The molecule has 0 radical (unpaired) electrons. The van der Waals surface area contributed by atoms with Gasteiger partial charge in [0, 0.05) is 62.4 Å². The van der Waals surface area contributed by atoms with E-state index in [0.29, 0.717) is 37.5 Å². The number of para-hydroxylation sites is 1. The third-order valence-electron chi connectivity index (χ3n) is 8.19. The largest absolute Gasteiger partial charge is 0.502 e. The van der Waals surface area contributed by atoms with E-state index in [-0.39, 0.29) is 40.7 Å². The molecule has 1 fully saturated rings. The maximum atomic E-state index is 13.4. The van der Waals surface area contributed by atoms with Gasteiger partial charge in [-0.2, -0.15) is 0 Å². The monoisotopic (exact) mass is 542 g/mol. The van der Waals surface area contributed by atoms with Crippen LogP contribution in [0, 0.1) is 5.92 Å². The van der Waals surface area contributed by atoms with E-state index in [9.17, 15) is 24.3 Å². The minimum atomic E-state index is -1.05. The third-order valence-corrected chi connectivity index (χ3v) is 8.19. The van der Waals surface area contributed by atoms with E-state index in [1.165, 1.54) is 10.6 Å². The van der Waals surface area contributed by atoms with Gasteiger partial charge < -0.3 is 24.4 Å². The predicted octanol–water partition coefficient (Wildman–Crippen LogP) is 1.99. The van der Waals surface area contributed by atoms with Gasteiger partial charge in [0.05, 0.1) is 18.0 Å². The molecule has 1 aromatic carbocycles. The topological polar surface area (TPSA) is 141 Å². The van der Waals surface area contributed by atoms with Crippen LogP contribution in [0.15, 0.2) is 73.4 Å². The number of piperidine rings is 1. The van der Waals surface area contributed by atoms with Gasteiger partial charge in [-0.25, -0.2) is 0 Å². The smallest absolute Gasteiger partial charge is 0.254 e. The van der Waals surface area contributed by atoms with Gasteiger partial charge in [-0.15, -0.1) is 0 Å². The molecule has 40 heavy (non-hydrogen) atoms. The molecule has 0 aliphatic carbocycles. The Bertz CT molecular complexity index is 1820. The van der Waals surface area contributed by atoms with Crippen LogP contribution in [0.5, 0.6) is 5.75 Å². The first-order chi connectivity index (χ1) is 19.2. The Morgan fingerprint density at radius 2 is 1.88 bits per heavy atom. The number of aryl methyl sites for hydroxylation is 1. The molecule has 2 bridgehead atoms. The standard InChI is InChI=1S/C30H30N4O6/c1-32-23-6-3-2-5-18(23)10-22(30(32)39)21(12-26(31)36)29-28(38)25(35)11-20(40-29)16-33-13-17-9-19(15-33)24-7-4-8-27(37)34(24)14-17/h2-8,10-11,17,19,21,38H,9,12-16H2,1H3,(H2,31,36). The second kappa shape index (κ2) is 9.95. The summed E-state index contributed by atoms with van der Waals surface area (Å²) < 4.78 is 9.44. The molecule has 10 heteroatoms. The van der Waals surface area contributed by atoms with E-state index in [0.717, 1.165) is 17.5 Å². The van der Waals surface area contributed by atoms with E-state index >= 15 is 0 Å². The number of carbonyl (C=O) groups excluding carboxylic acids is 1. The molecule has 2 aliphatic rings. The van der Waals surface area contributed by atoms with Gasteiger partial charge in [0.2, 0.25) is 17.1 Å². The van der Waals surface area contributed by atoms with E-state index in [2.05, 4.69) is 4.90 Å². The maximum Gasteiger partial charge on any atom is 0.254 e. The summed E-state index contributed by atoms with van der Waals surface area (Å²) in [6.45, 7) is 2.33. The molecule has 0 spiro atoms. The molecule has 3 unspecified atom stereocenters. The van der Waals surface area contributed by atoms with Gasteiger partial charge in [0.1, 0.15) is 5.76 Å². The van der Waals surface area contributed by atoms with Crippen molar-refractivity contribution in [2.45, 2.75) is 37.8 Å². The highest BCUT2D eigenvalue weighted by Gasteiger charge is 2.35. The number of carbonyl (C=O) groups is 1. The number of rotatable bonds is 6. The van der Waals surface area contributed by atoms with Crippen molar-refractivity contribution >= 4 is 16.8 Å². The summed E-state index contributed by atoms with van der Waals surface area (Å²) in [7, 11) is 1.63. The Labute approximate surface area is 228 Å². The number of aromatic nitrogens is 2. The Balaban J connectivity index is 1.37. The Morgan fingerprint density at radius 3 is 2.67 bits per heavy atom. The van der Waals surface area contributed by atoms with Gasteiger partial charge in [0.15, 0.2) is 5.76 Å². The number of fused-ring (bicyclic) bond motifs is 5. The minimum Gasteiger partial charge on any atom is -0.502 e. The highest BCUT2D eigenvalue weighted by atomic mass is 16.4. The number of benzene rings is 1. The predicted molar refractivity (Wildman–Crippen MR) is 148 cm³/mol. The molecule has 3 atom stereocenters. The van der Waals surface area contributed by atoms with Crippen molar-refractivity contribution in [3.63, 3.8) is 0 Å². The SMILES string of the molecule is Cn1c(=O)c(C(CC(N)=O)c2oc(CN3CC4CC(C3)c3cccc(=O)n3C4)cc(=O)c2O)cc2ccccc21. The van der Waals surface area contributed by atoms with Gasteiger partial charge >= 0.3 is 0 Å². The lowest BCUT2D eigenvalue weighted by atomic mass is 9.83. The fourth-order valence-corrected chi connectivity index (χ4v) is 6.46. The summed E-state index contributed by atoms with van der Waals surface area (Å²) in [5.41, 5.74) is 6.45. The van der Waals surface area contributed by atoms with Crippen LogP contribution in [0.1, 0.15) is 47.5 Å². The number of hydrogen-bond acceptors (Lipinski definition) is 7. The van der Waals surface area contributed by atoms with E-state index in [1.54, 1.807) is 25.2 Å². The van der Waals surface area contributed by atoms with Crippen LogP contribution < -0.4 is 22.3 Å². The van der Waals surface area contributed by atoms with Gasteiger partial charge in [-0.3, -0.25) is 24.1 Å². The average Bonchev–Trinajstić information content (AvgIpc) is 2.92. The fraction of sp³-hybridized carbons (Fsp3) is 0.333. The number of nitrogens with two attached hydrogens (primary N) is 1. The van der Waals surface area contributed by atoms with Crippen LogP contribution in [0.4, 0.5) is 0 Å². The van der Waals surface area contributed by atoms with Crippen molar-refractivity contribution in [3.8, 4) is 5.75 Å². The number of pyridine rings is 2. The quantitative estimate of drug-likeness (QED) is 0.380. The zero-order chi connectivity index (χ0) is 28.1. The Kier molecular flexibility index (Phi) is 6.42. The molecule has 10 nitrogen and oxygen atoms in total. The Hall–Kier alpha value is -4.44. The lowest BCUT2D eigenvalue weighted by Crippen LogP contribution is -2.46. The molecule has 2 aliphatic heterocycles. The Morgan fingerprint density at radius 1 is 1.07 bits per heavy atom. The first kappa shape index (κ1) is 25.8. The molecular weight excluding hydrogens is 512 g/mol. The normalized spacial score (nSPS) is 19.3. The van der Waals surface area contributed by atoms with E-state index in [1.807, 2.05) is 34.9 Å². The fourth-order valence-electron chi connectivity index (χ4n) is 6.46. The lowest BCUT2D eigenvalue weighted by molar-refractivity contribution is -0.118. The first-order valence-electron chi connectivity index (χ1n) is 13.3. The first-order valence-corrected chi connectivity index (χ1v) is 13.3. The molecule has 6 rings (SSSR count). The third kappa shape index (κ3) is 4.54. The summed E-state index contributed by atoms with van der Waals surface area (Å²) in [6.07, 6.45) is 0.656. The summed E-state index contributed by atoms with van der Waals surface area (Å²) >= 11 is 0. The van der Waals surface area contributed by atoms with Gasteiger partial charge in [-0.05, 0) is 35.9 Å². The zero-order valence-corrected chi connectivity index (χ0v) is 22.1. The maximum absolute atomic E-state index is 13.4. The van der Waals surface area contributed by atoms with Crippen molar-refractivity contribution in [3.05, 3.63) is 108 Å². The van der Waals surface area contributed by atoms with Crippen LogP contribution in [-0.2, 0) is 24.9 Å². The average molecular weight is 543 g/mol. The number of hydrogen-bond donors (Lipinski definition) is 2. The molecule has 206 valence electrons.